The van der Waals surface area contributed by atoms with Gasteiger partial charge >= 0.3 is 0 Å². The number of ether oxygens (including phenoxy) is 2. The van der Waals surface area contributed by atoms with Gasteiger partial charge in [-0.25, -0.2) is 19.9 Å². The van der Waals surface area contributed by atoms with Gasteiger partial charge < -0.3 is 24.4 Å². The minimum absolute atomic E-state index is 0.348. The van der Waals surface area contributed by atoms with Crippen molar-refractivity contribution in [3.05, 3.63) is 42.7 Å². The normalized spacial score (nSPS) is 18.8. The van der Waals surface area contributed by atoms with Crippen molar-refractivity contribution < 1.29 is 14.6 Å². The maximum atomic E-state index is 10.0. The Bertz CT molecular complexity index is 1070. The molecule has 5 heterocycles. The molecule has 2 aliphatic heterocycles. The van der Waals surface area contributed by atoms with E-state index in [0.29, 0.717) is 18.2 Å². The first-order chi connectivity index (χ1) is 15.7. The fourth-order valence-corrected chi connectivity index (χ4v) is 4.06. The van der Waals surface area contributed by atoms with Gasteiger partial charge in [0, 0.05) is 50.2 Å². The molecule has 1 atom stereocenters. The van der Waals surface area contributed by atoms with Crippen molar-refractivity contribution in [3.8, 4) is 28.5 Å². The van der Waals surface area contributed by atoms with Gasteiger partial charge in [0.15, 0.2) is 5.82 Å². The number of aliphatic hydroxyl groups is 1. The van der Waals surface area contributed by atoms with E-state index in [9.17, 15) is 5.11 Å². The molecule has 1 N–H and O–H groups in total. The Morgan fingerprint density at radius 2 is 1.91 bits per heavy atom. The predicted molar refractivity (Wildman–Crippen MR) is 121 cm³/mol. The molecule has 0 spiro atoms. The first kappa shape index (κ1) is 20.6. The number of hydrogen-bond donors (Lipinski definition) is 1. The maximum absolute atomic E-state index is 10.0. The van der Waals surface area contributed by atoms with Crippen LogP contribution in [0.2, 0.25) is 0 Å². The zero-order valence-electron chi connectivity index (χ0n) is 18.0. The van der Waals surface area contributed by atoms with Crippen molar-refractivity contribution in [1.82, 2.24) is 19.9 Å². The summed E-state index contributed by atoms with van der Waals surface area (Å²) in [6.07, 6.45) is 3.90. The molecule has 9 heteroatoms. The number of methoxy groups -OCH3 is 1. The number of anilines is 2. The SMILES string of the molecule is COc1ncccc1-c1nc(-c2ccc(N3CCOCC3)nc2)cc(N2CC[C@H](O)C2)n1. The summed E-state index contributed by atoms with van der Waals surface area (Å²) in [4.78, 5) is 22.9. The lowest BCUT2D eigenvalue weighted by Crippen LogP contribution is -2.36. The molecule has 166 valence electrons. The van der Waals surface area contributed by atoms with E-state index in [-0.39, 0.29) is 6.10 Å². The van der Waals surface area contributed by atoms with E-state index in [1.165, 1.54) is 0 Å². The highest BCUT2D eigenvalue weighted by Crippen LogP contribution is 2.31. The summed E-state index contributed by atoms with van der Waals surface area (Å²) < 4.78 is 10.9. The van der Waals surface area contributed by atoms with Gasteiger partial charge in [0.1, 0.15) is 11.6 Å². The lowest BCUT2D eigenvalue weighted by molar-refractivity contribution is 0.122. The van der Waals surface area contributed by atoms with Gasteiger partial charge in [-0.1, -0.05) is 0 Å². The van der Waals surface area contributed by atoms with Crippen LogP contribution in [-0.2, 0) is 4.74 Å². The van der Waals surface area contributed by atoms with Crippen molar-refractivity contribution in [2.45, 2.75) is 12.5 Å². The summed E-state index contributed by atoms with van der Waals surface area (Å²) >= 11 is 0. The van der Waals surface area contributed by atoms with E-state index in [2.05, 4.69) is 19.8 Å². The number of rotatable bonds is 5. The molecule has 2 saturated heterocycles. The minimum atomic E-state index is -0.348. The molecule has 9 nitrogen and oxygen atoms in total. The molecule has 3 aromatic heterocycles. The second-order valence-corrected chi connectivity index (χ2v) is 7.89. The molecular weight excluding hydrogens is 408 g/mol. The second-order valence-electron chi connectivity index (χ2n) is 7.89. The molecule has 0 saturated carbocycles. The standard InChI is InChI=1S/C23H26N6O3/c1-31-23-18(3-2-7-24-23)22-26-19(13-21(27-22)29-8-6-17(30)15-29)16-4-5-20(25-14-16)28-9-11-32-12-10-28/h2-5,7,13-14,17,30H,6,8-12,15H2,1H3/t17-/m0/s1. The van der Waals surface area contributed by atoms with E-state index < -0.39 is 0 Å². The van der Waals surface area contributed by atoms with Gasteiger partial charge in [-0.3, -0.25) is 0 Å². The van der Waals surface area contributed by atoms with Gasteiger partial charge in [-0.2, -0.15) is 0 Å². The molecule has 5 rings (SSSR count). The lowest BCUT2D eigenvalue weighted by Gasteiger charge is -2.27. The average molecular weight is 435 g/mol. The molecule has 2 aliphatic rings. The maximum Gasteiger partial charge on any atom is 0.224 e. The fourth-order valence-electron chi connectivity index (χ4n) is 4.06. The van der Waals surface area contributed by atoms with Crippen molar-refractivity contribution in [2.24, 2.45) is 0 Å². The first-order valence-corrected chi connectivity index (χ1v) is 10.8. The molecular formula is C23H26N6O3. The largest absolute Gasteiger partial charge is 0.480 e. The van der Waals surface area contributed by atoms with E-state index >= 15 is 0 Å². The van der Waals surface area contributed by atoms with Crippen LogP contribution in [0.25, 0.3) is 22.6 Å². The molecule has 32 heavy (non-hydrogen) atoms. The van der Waals surface area contributed by atoms with Crippen LogP contribution in [0.1, 0.15) is 6.42 Å². The molecule has 2 fully saturated rings. The second kappa shape index (κ2) is 9.05. The third-order valence-electron chi connectivity index (χ3n) is 5.78. The van der Waals surface area contributed by atoms with Gasteiger partial charge in [0.05, 0.1) is 37.7 Å². The molecule has 3 aromatic rings. The van der Waals surface area contributed by atoms with Crippen LogP contribution in [-0.4, -0.2) is 77.6 Å². The Morgan fingerprint density at radius 1 is 1.03 bits per heavy atom. The van der Waals surface area contributed by atoms with Gasteiger partial charge in [-0.05, 0) is 30.7 Å². The highest BCUT2D eigenvalue weighted by atomic mass is 16.5. The van der Waals surface area contributed by atoms with E-state index in [0.717, 1.165) is 67.7 Å². The highest BCUT2D eigenvalue weighted by Gasteiger charge is 2.24. The quantitative estimate of drug-likeness (QED) is 0.647. The number of hydrogen-bond acceptors (Lipinski definition) is 9. The van der Waals surface area contributed by atoms with Crippen molar-refractivity contribution >= 4 is 11.6 Å². The minimum Gasteiger partial charge on any atom is -0.480 e. The monoisotopic (exact) mass is 434 g/mol. The number of morpholine rings is 1. The zero-order valence-corrected chi connectivity index (χ0v) is 18.0. The fraction of sp³-hybridized carbons (Fsp3) is 0.391. The van der Waals surface area contributed by atoms with Crippen molar-refractivity contribution in [1.29, 1.82) is 0 Å². The smallest absolute Gasteiger partial charge is 0.224 e. The molecule has 0 aromatic carbocycles. The number of pyridine rings is 2. The Labute approximate surface area is 186 Å². The van der Waals surface area contributed by atoms with Crippen molar-refractivity contribution in [3.63, 3.8) is 0 Å². The number of aliphatic hydroxyl groups excluding tert-OH is 1. The third kappa shape index (κ3) is 4.21. The summed E-state index contributed by atoms with van der Waals surface area (Å²) in [5, 5.41) is 10.0. The van der Waals surface area contributed by atoms with E-state index in [1.54, 1.807) is 13.3 Å². The van der Waals surface area contributed by atoms with E-state index in [4.69, 9.17) is 19.4 Å². The topological polar surface area (TPSA) is 96.7 Å². The Balaban J connectivity index is 1.53. The van der Waals surface area contributed by atoms with E-state index in [1.807, 2.05) is 36.5 Å². The Morgan fingerprint density at radius 3 is 2.62 bits per heavy atom. The summed E-state index contributed by atoms with van der Waals surface area (Å²) in [6.45, 7) is 4.41. The number of nitrogens with zero attached hydrogens (tertiary/aromatic N) is 6. The van der Waals surface area contributed by atoms with Gasteiger partial charge in [-0.15, -0.1) is 0 Å². The van der Waals surface area contributed by atoms with Gasteiger partial charge in [0.25, 0.3) is 0 Å². The van der Waals surface area contributed by atoms with Gasteiger partial charge in [0.2, 0.25) is 5.88 Å². The predicted octanol–water partition coefficient (Wildman–Crippen LogP) is 2.02. The summed E-state index contributed by atoms with van der Waals surface area (Å²) in [7, 11) is 1.59. The summed E-state index contributed by atoms with van der Waals surface area (Å²) in [5.41, 5.74) is 2.38. The number of β-amino-alcohol motifs (C(OH)–C–C–N with tert-alkyl or cyclic N) is 1. The van der Waals surface area contributed by atoms with Crippen LogP contribution >= 0.6 is 0 Å². The van der Waals surface area contributed by atoms with Crippen LogP contribution in [0.15, 0.2) is 42.7 Å². The average Bonchev–Trinajstić information content (AvgIpc) is 3.31. The van der Waals surface area contributed by atoms with Crippen LogP contribution in [0.4, 0.5) is 11.6 Å². The zero-order chi connectivity index (χ0) is 21.9. The first-order valence-electron chi connectivity index (χ1n) is 10.8. The van der Waals surface area contributed by atoms with Crippen LogP contribution in [0.5, 0.6) is 5.88 Å². The summed E-state index contributed by atoms with van der Waals surface area (Å²) in [5.74, 6) is 2.70. The molecule has 0 amide bonds. The summed E-state index contributed by atoms with van der Waals surface area (Å²) in [6, 6.07) is 9.74. The Hall–Kier alpha value is -3.30. The lowest BCUT2D eigenvalue weighted by atomic mass is 10.1. The third-order valence-corrected chi connectivity index (χ3v) is 5.78. The molecule has 0 aliphatic carbocycles. The van der Waals surface area contributed by atoms with Crippen LogP contribution in [0, 0.1) is 0 Å². The Kier molecular flexibility index (Phi) is 5.83. The molecule has 0 bridgehead atoms. The molecule has 0 unspecified atom stereocenters. The molecule has 0 radical (unpaired) electrons. The van der Waals surface area contributed by atoms with Crippen molar-refractivity contribution in [2.75, 3.05) is 56.3 Å². The van der Waals surface area contributed by atoms with Crippen LogP contribution in [0.3, 0.4) is 0 Å². The highest BCUT2D eigenvalue weighted by molar-refractivity contribution is 5.70. The van der Waals surface area contributed by atoms with Crippen LogP contribution < -0.4 is 14.5 Å². The number of aromatic nitrogens is 4.